The van der Waals surface area contributed by atoms with Gasteiger partial charge >= 0.3 is 0 Å². The van der Waals surface area contributed by atoms with Gasteiger partial charge in [-0.3, -0.25) is 4.98 Å². The molecule has 2 rings (SSSR count). The lowest BCUT2D eigenvalue weighted by molar-refractivity contribution is 0.686. The fourth-order valence-corrected chi connectivity index (χ4v) is 1.74. The first-order chi connectivity index (χ1) is 7.81. The summed E-state index contributed by atoms with van der Waals surface area (Å²) in [5, 5.41) is 3.53. The zero-order chi connectivity index (χ0) is 11.4. The van der Waals surface area contributed by atoms with Crippen molar-refractivity contribution in [2.24, 2.45) is 0 Å². The monoisotopic (exact) mass is 217 g/mol. The van der Waals surface area contributed by atoms with E-state index >= 15 is 0 Å². The summed E-state index contributed by atoms with van der Waals surface area (Å²) in [6, 6.07) is 2.83. The molecule has 0 aliphatic heterocycles. The molecule has 1 heterocycles. The van der Waals surface area contributed by atoms with E-state index in [2.05, 4.69) is 34.9 Å². The molecule has 3 nitrogen and oxygen atoms in total. The number of pyridine rings is 1. The number of anilines is 1. The first-order valence-corrected chi connectivity index (χ1v) is 5.79. The summed E-state index contributed by atoms with van der Waals surface area (Å²) in [5.41, 5.74) is 2.50. The van der Waals surface area contributed by atoms with E-state index < -0.39 is 0 Å². The molecule has 1 aromatic heterocycles. The van der Waals surface area contributed by atoms with Crippen LogP contribution in [0.2, 0.25) is 0 Å². The van der Waals surface area contributed by atoms with Gasteiger partial charge in [0.25, 0.3) is 0 Å². The number of nitrogens with zero attached hydrogens (tertiary/aromatic N) is 2. The van der Waals surface area contributed by atoms with Gasteiger partial charge in [-0.2, -0.15) is 0 Å². The highest BCUT2D eigenvalue weighted by Crippen LogP contribution is 2.22. The van der Waals surface area contributed by atoms with Crippen molar-refractivity contribution in [2.75, 3.05) is 18.5 Å². The Hall–Kier alpha value is -1.35. The third kappa shape index (κ3) is 2.83. The predicted octanol–water partition coefficient (Wildman–Crippen LogP) is 1.96. The fraction of sp³-hybridized carbons (Fsp3) is 0.462. The van der Waals surface area contributed by atoms with Gasteiger partial charge in [0.2, 0.25) is 0 Å². The third-order valence-electron chi connectivity index (χ3n) is 2.86. The van der Waals surface area contributed by atoms with Crippen LogP contribution < -0.4 is 10.2 Å². The predicted molar refractivity (Wildman–Crippen MR) is 67.6 cm³/mol. The minimum atomic E-state index is 0.741. The average molecular weight is 217 g/mol. The van der Waals surface area contributed by atoms with Crippen LogP contribution in [0.15, 0.2) is 31.1 Å². The van der Waals surface area contributed by atoms with Crippen LogP contribution in [-0.4, -0.2) is 24.6 Å². The molecule has 86 valence electrons. The van der Waals surface area contributed by atoms with Crippen molar-refractivity contribution in [3.05, 3.63) is 36.7 Å². The molecule has 1 aliphatic carbocycles. The van der Waals surface area contributed by atoms with Crippen LogP contribution in [0.5, 0.6) is 0 Å². The number of hydrogen-bond donors (Lipinski definition) is 1. The Morgan fingerprint density at radius 1 is 1.62 bits per heavy atom. The van der Waals surface area contributed by atoms with E-state index in [1.165, 1.54) is 24.1 Å². The van der Waals surface area contributed by atoms with Gasteiger partial charge in [-0.15, -0.1) is 6.58 Å². The van der Waals surface area contributed by atoms with Crippen LogP contribution in [-0.2, 0) is 6.54 Å². The van der Waals surface area contributed by atoms with Crippen molar-refractivity contribution >= 4 is 5.69 Å². The topological polar surface area (TPSA) is 28.2 Å². The standard InChI is InChI=1S/C13H19N3/c1-3-8-16(2)13-10-14-7-6-11(13)9-15-12-4-5-12/h3,6-7,10,12,15H,1,4-5,8-9H2,2H3. The minimum Gasteiger partial charge on any atom is -0.369 e. The molecular weight excluding hydrogens is 198 g/mol. The molecule has 0 saturated heterocycles. The van der Waals surface area contributed by atoms with Crippen LogP contribution in [0.3, 0.4) is 0 Å². The zero-order valence-electron chi connectivity index (χ0n) is 9.82. The summed E-state index contributed by atoms with van der Waals surface area (Å²) in [4.78, 5) is 6.36. The summed E-state index contributed by atoms with van der Waals surface area (Å²) in [6.07, 6.45) is 8.33. The zero-order valence-corrected chi connectivity index (χ0v) is 9.82. The van der Waals surface area contributed by atoms with Crippen LogP contribution in [0.4, 0.5) is 5.69 Å². The molecule has 1 fully saturated rings. The molecule has 1 saturated carbocycles. The maximum absolute atomic E-state index is 4.19. The summed E-state index contributed by atoms with van der Waals surface area (Å²) < 4.78 is 0. The average Bonchev–Trinajstić information content (AvgIpc) is 3.11. The minimum absolute atomic E-state index is 0.741. The molecule has 0 spiro atoms. The highest BCUT2D eigenvalue weighted by Gasteiger charge is 2.20. The Labute approximate surface area is 97.2 Å². The lowest BCUT2D eigenvalue weighted by atomic mass is 10.2. The normalized spacial score (nSPS) is 14.8. The van der Waals surface area contributed by atoms with Gasteiger partial charge < -0.3 is 10.2 Å². The largest absolute Gasteiger partial charge is 0.369 e. The van der Waals surface area contributed by atoms with E-state index in [9.17, 15) is 0 Å². The second-order valence-corrected chi connectivity index (χ2v) is 4.33. The molecule has 0 aromatic carbocycles. The summed E-state index contributed by atoms with van der Waals surface area (Å²) in [7, 11) is 2.07. The second-order valence-electron chi connectivity index (χ2n) is 4.33. The Bertz CT molecular complexity index is 358. The Balaban J connectivity index is 2.05. The first-order valence-electron chi connectivity index (χ1n) is 5.79. The van der Waals surface area contributed by atoms with Crippen molar-refractivity contribution in [1.82, 2.24) is 10.3 Å². The lowest BCUT2D eigenvalue weighted by Gasteiger charge is -2.20. The Morgan fingerprint density at radius 3 is 3.12 bits per heavy atom. The van der Waals surface area contributed by atoms with E-state index in [0.717, 1.165) is 19.1 Å². The van der Waals surface area contributed by atoms with E-state index in [0.29, 0.717) is 0 Å². The number of likely N-dealkylation sites (N-methyl/N-ethyl adjacent to an activating group) is 1. The number of rotatable bonds is 6. The summed E-state index contributed by atoms with van der Waals surface area (Å²) >= 11 is 0. The van der Waals surface area contributed by atoms with Gasteiger partial charge in [-0.25, -0.2) is 0 Å². The SMILES string of the molecule is C=CCN(C)c1cnccc1CNC1CC1. The highest BCUT2D eigenvalue weighted by atomic mass is 15.1. The van der Waals surface area contributed by atoms with Gasteiger partial charge in [0, 0.05) is 32.4 Å². The maximum Gasteiger partial charge on any atom is 0.0598 e. The van der Waals surface area contributed by atoms with Gasteiger partial charge in [-0.05, 0) is 24.5 Å². The van der Waals surface area contributed by atoms with E-state index in [1.54, 1.807) is 0 Å². The number of hydrogen-bond acceptors (Lipinski definition) is 3. The summed E-state index contributed by atoms with van der Waals surface area (Å²) in [5.74, 6) is 0. The summed E-state index contributed by atoms with van der Waals surface area (Å²) in [6.45, 7) is 5.55. The molecule has 0 radical (unpaired) electrons. The van der Waals surface area contributed by atoms with Gasteiger partial charge in [0.1, 0.15) is 0 Å². The second kappa shape index (κ2) is 5.12. The highest BCUT2D eigenvalue weighted by molar-refractivity contribution is 5.51. The first kappa shape index (κ1) is 11.1. The van der Waals surface area contributed by atoms with E-state index in [1.807, 2.05) is 18.5 Å². The molecule has 1 aliphatic rings. The lowest BCUT2D eigenvalue weighted by Crippen LogP contribution is -2.22. The van der Waals surface area contributed by atoms with Crippen molar-refractivity contribution in [3.8, 4) is 0 Å². The van der Waals surface area contributed by atoms with Crippen LogP contribution in [0.1, 0.15) is 18.4 Å². The van der Waals surface area contributed by atoms with Crippen LogP contribution in [0.25, 0.3) is 0 Å². The Morgan fingerprint density at radius 2 is 2.44 bits per heavy atom. The molecular formula is C13H19N3. The molecule has 0 bridgehead atoms. The van der Waals surface area contributed by atoms with E-state index in [-0.39, 0.29) is 0 Å². The van der Waals surface area contributed by atoms with Gasteiger partial charge in [-0.1, -0.05) is 6.08 Å². The fourth-order valence-electron chi connectivity index (χ4n) is 1.74. The van der Waals surface area contributed by atoms with Crippen LogP contribution in [0, 0.1) is 0 Å². The molecule has 16 heavy (non-hydrogen) atoms. The molecule has 3 heteroatoms. The van der Waals surface area contributed by atoms with Gasteiger partial charge in [0.15, 0.2) is 0 Å². The number of aromatic nitrogens is 1. The van der Waals surface area contributed by atoms with Crippen LogP contribution >= 0.6 is 0 Å². The molecule has 0 amide bonds. The Kier molecular flexibility index (Phi) is 3.57. The van der Waals surface area contributed by atoms with Crippen molar-refractivity contribution < 1.29 is 0 Å². The molecule has 0 atom stereocenters. The molecule has 1 aromatic rings. The van der Waals surface area contributed by atoms with Gasteiger partial charge in [0.05, 0.1) is 11.9 Å². The quantitative estimate of drug-likeness (QED) is 0.738. The molecule has 1 N–H and O–H groups in total. The van der Waals surface area contributed by atoms with Crippen molar-refractivity contribution in [3.63, 3.8) is 0 Å². The van der Waals surface area contributed by atoms with E-state index in [4.69, 9.17) is 0 Å². The third-order valence-corrected chi connectivity index (χ3v) is 2.86. The van der Waals surface area contributed by atoms with Crippen molar-refractivity contribution in [2.45, 2.75) is 25.4 Å². The number of nitrogens with one attached hydrogen (secondary N) is 1. The van der Waals surface area contributed by atoms with Crippen molar-refractivity contribution in [1.29, 1.82) is 0 Å². The maximum atomic E-state index is 4.19. The molecule has 0 unspecified atom stereocenters. The smallest absolute Gasteiger partial charge is 0.0598 e.